The van der Waals surface area contributed by atoms with Gasteiger partial charge in [-0.15, -0.1) is 0 Å². The molecule has 0 atom stereocenters. The molecule has 4 aromatic rings. The van der Waals surface area contributed by atoms with E-state index in [2.05, 4.69) is 5.10 Å². The van der Waals surface area contributed by atoms with Gasteiger partial charge in [0.2, 0.25) is 0 Å². The normalized spacial score (nSPS) is 11.2. The van der Waals surface area contributed by atoms with Crippen molar-refractivity contribution in [3.05, 3.63) is 107 Å². The Hall–Kier alpha value is -3.66. The van der Waals surface area contributed by atoms with Crippen LogP contribution in [0.4, 0.5) is 0 Å². The first kappa shape index (κ1) is 17.7. The van der Waals surface area contributed by atoms with Crippen molar-refractivity contribution in [3.8, 4) is 11.4 Å². The first-order valence-corrected chi connectivity index (χ1v) is 9.20. The zero-order valence-electron chi connectivity index (χ0n) is 15.6. The topological polar surface area (TPSA) is 53.8 Å². The maximum absolute atomic E-state index is 12.5. The van der Waals surface area contributed by atoms with Crippen LogP contribution < -0.4 is 5.11 Å². The molecule has 0 fully saturated rings. The van der Waals surface area contributed by atoms with Crippen molar-refractivity contribution in [1.29, 1.82) is 0 Å². The van der Waals surface area contributed by atoms with E-state index in [4.69, 9.17) is 4.98 Å². The van der Waals surface area contributed by atoms with E-state index in [0.29, 0.717) is 23.8 Å². The Kier molecular flexibility index (Phi) is 5.02. The largest absolute Gasteiger partial charge is 0.871 e. The number of benzene rings is 3. The highest BCUT2D eigenvalue weighted by molar-refractivity contribution is 5.67. The molecular weight excluding hydrogens is 346 g/mol. The minimum atomic E-state index is -0.0730. The Morgan fingerprint density at radius 2 is 1.61 bits per heavy atom. The molecule has 4 nitrogen and oxygen atoms in total. The van der Waals surface area contributed by atoms with Crippen LogP contribution in [0, 0.1) is 6.92 Å². The van der Waals surface area contributed by atoms with E-state index in [1.807, 2.05) is 91.9 Å². The third-order valence-electron chi connectivity index (χ3n) is 4.45. The van der Waals surface area contributed by atoms with E-state index >= 15 is 0 Å². The molecule has 0 N–H and O–H groups in total. The molecule has 28 heavy (non-hydrogen) atoms. The van der Waals surface area contributed by atoms with Crippen LogP contribution in [-0.2, 0) is 6.42 Å². The van der Waals surface area contributed by atoms with E-state index in [9.17, 15) is 5.11 Å². The summed E-state index contributed by atoms with van der Waals surface area (Å²) in [5.74, 6) is 1.24. The molecule has 0 aliphatic rings. The maximum Gasteiger partial charge on any atom is 0.156 e. The van der Waals surface area contributed by atoms with Crippen molar-refractivity contribution < 1.29 is 5.11 Å². The van der Waals surface area contributed by atoms with Crippen LogP contribution in [-0.4, -0.2) is 14.8 Å². The molecule has 0 amide bonds. The van der Waals surface area contributed by atoms with Gasteiger partial charge in [0.1, 0.15) is 0 Å². The Bertz CT molecular complexity index is 1100. The van der Waals surface area contributed by atoms with Crippen molar-refractivity contribution in [2.75, 3.05) is 0 Å². The molecule has 0 bridgehead atoms. The summed E-state index contributed by atoms with van der Waals surface area (Å²) in [7, 11) is 0. The Balaban J connectivity index is 1.76. The zero-order valence-corrected chi connectivity index (χ0v) is 15.6. The first-order chi connectivity index (χ1) is 13.7. The van der Waals surface area contributed by atoms with Crippen LogP contribution in [0.25, 0.3) is 17.8 Å². The summed E-state index contributed by atoms with van der Waals surface area (Å²) >= 11 is 0. The molecule has 1 heterocycles. The van der Waals surface area contributed by atoms with Gasteiger partial charge in [0.15, 0.2) is 11.6 Å². The summed E-state index contributed by atoms with van der Waals surface area (Å²) in [6.07, 6.45) is 4.49. The third kappa shape index (κ3) is 4.01. The molecule has 1 aromatic heterocycles. The minimum absolute atomic E-state index is 0.0730. The predicted molar refractivity (Wildman–Crippen MR) is 110 cm³/mol. The molecule has 0 saturated heterocycles. The quantitative estimate of drug-likeness (QED) is 0.526. The Morgan fingerprint density at radius 1 is 0.893 bits per heavy atom. The number of hydrogen-bond donors (Lipinski definition) is 0. The van der Waals surface area contributed by atoms with Gasteiger partial charge >= 0.3 is 0 Å². The van der Waals surface area contributed by atoms with Crippen LogP contribution in [0.3, 0.4) is 0 Å². The molecule has 0 radical (unpaired) electrons. The monoisotopic (exact) mass is 366 g/mol. The fraction of sp³-hybridized carbons (Fsp3) is 0.0833. The Labute approximate surface area is 164 Å². The summed E-state index contributed by atoms with van der Waals surface area (Å²) in [5, 5.41) is 17.1. The highest BCUT2D eigenvalue weighted by Crippen LogP contribution is 2.22. The van der Waals surface area contributed by atoms with Crippen molar-refractivity contribution in [2.45, 2.75) is 13.3 Å². The second-order valence-corrected chi connectivity index (χ2v) is 6.68. The molecule has 0 saturated carbocycles. The summed E-state index contributed by atoms with van der Waals surface area (Å²) in [6, 6.07) is 25.3. The third-order valence-corrected chi connectivity index (χ3v) is 4.45. The minimum Gasteiger partial charge on any atom is -0.871 e. The number of hydrogen-bond acceptors (Lipinski definition) is 3. The summed E-state index contributed by atoms with van der Waals surface area (Å²) in [5.41, 5.74) is 3.71. The van der Waals surface area contributed by atoms with Gasteiger partial charge < -0.3 is 5.11 Å². The molecule has 138 valence electrons. The van der Waals surface area contributed by atoms with Gasteiger partial charge in [0.05, 0.1) is 5.69 Å². The van der Waals surface area contributed by atoms with E-state index in [-0.39, 0.29) is 5.75 Å². The van der Waals surface area contributed by atoms with Gasteiger partial charge in [0, 0.05) is 6.42 Å². The van der Waals surface area contributed by atoms with E-state index < -0.39 is 0 Å². The molecule has 4 heteroatoms. The first-order valence-electron chi connectivity index (χ1n) is 9.20. The molecular formula is C24H20N3O-. The summed E-state index contributed by atoms with van der Waals surface area (Å²) in [4.78, 5) is 4.69. The number of nitrogens with zero attached hydrogens (tertiary/aromatic N) is 3. The van der Waals surface area contributed by atoms with Crippen LogP contribution in [0.15, 0.2) is 78.9 Å². The van der Waals surface area contributed by atoms with Crippen molar-refractivity contribution >= 4 is 12.2 Å². The lowest BCUT2D eigenvalue weighted by Gasteiger charge is -2.14. The second-order valence-electron chi connectivity index (χ2n) is 6.68. The van der Waals surface area contributed by atoms with E-state index in [1.54, 1.807) is 10.7 Å². The van der Waals surface area contributed by atoms with Gasteiger partial charge in [-0.1, -0.05) is 84.6 Å². The highest BCUT2D eigenvalue weighted by atomic mass is 16.3. The van der Waals surface area contributed by atoms with Crippen molar-refractivity contribution in [3.63, 3.8) is 0 Å². The fourth-order valence-corrected chi connectivity index (χ4v) is 3.03. The lowest BCUT2D eigenvalue weighted by Crippen LogP contribution is -2.05. The lowest BCUT2D eigenvalue weighted by atomic mass is 10.1. The average Bonchev–Trinajstić information content (AvgIpc) is 3.12. The maximum atomic E-state index is 12.5. The lowest BCUT2D eigenvalue weighted by molar-refractivity contribution is -0.268. The predicted octanol–water partition coefficient (Wildman–Crippen LogP) is 4.41. The van der Waals surface area contributed by atoms with Crippen molar-refractivity contribution in [1.82, 2.24) is 14.8 Å². The van der Waals surface area contributed by atoms with Crippen LogP contribution in [0.5, 0.6) is 5.75 Å². The van der Waals surface area contributed by atoms with Crippen LogP contribution >= 0.6 is 0 Å². The van der Waals surface area contributed by atoms with Gasteiger partial charge in [-0.3, -0.25) is 0 Å². The standard InChI is InChI=1S/C24H21N3O/c1-18-12-14-22(28)21(16-18)27-24(15-13-19-8-4-2-5-9-19)25-23(26-27)17-20-10-6-3-7-11-20/h2-16,28H,17H2,1H3/p-1/b15-13+. The molecule has 3 aromatic carbocycles. The van der Waals surface area contributed by atoms with Crippen molar-refractivity contribution in [2.24, 2.45) is 0 Å². The van der Waals surface area contributed by atoms with Gasteiger partial charge in [-0.25, -0.2) is 9.67 Å². The molecule has 0 aliphatic carbocycles. The number of aromatic nitrogens is 3. The van der Waals surface area contributed by atoms with Crippen LogP contribution in [0.1, 0.15) is 28.3 Å². The van der Waals surface area contributed by atoms with Crippen LogP contribution in [0.2, 0.25) is 0 Å². The SMILES string of the molecule is Cc1ccc([O-])c(-n2nc(Cc3ccccc3)nc2/C=C/c2ccccc2)c1. The fourth-order valence-electron chi connectivity index (χ4n) is 3.03. The van der Waals surface area contributed by atoms with Gasteiger partial charge in [0.25, 0.3) is 0 Å². The second kappa shape index (κ2) is 7.92. The molecule has 0 aliphatic heterocycles. The Morgan fingerprint density at radius 3 is 2.36 bits per heavy atom. The highest BCUT2D eigenvalue weighted by Gasteiger charge is 2.11. The smallest absolute Gasteiger partial charge is 0.156 e. The van der Waals surface area contributed by atoms with Gasteiger partial charge in [-0.05, 0) is 35.8 Å². The molecule has 4 rings (SSSR count). The number of rotatable bonds is 5. The average molecular weight is 366 g/mol. The molecule has 0 unspecified atom stereocenters. The summed E-state index contributed by atoms with van der Waals surface area (Å²) in [6.45, 7) is 1.96. The van der Waals surface area contributed by atoms with E-state index in [1.165, 1.54) is 0 Å². The molecule has 0 spiro atoms. The zero-order chi connectivity index (χ0) is 19.3. The summed E-state index contributed by atoms with van der Waals surface area (Å²) < 4.78 is 1.65. The van der Waals surface area contributed by atoms with E-state index in [0.717, 1.165) is 16.7 Å². The van der Waals surface area contributed by atoms with Gasteiger partial charge in [-0.2, -0.15) is 5.10 Å². The number of aryl methyl sites for hydroxylation is 1.